The molecule has 0 amide bonds. The maximum Gasteiger partial charge on any atom is 0.0392 e. The summed E-state index contributed by atoms with van der Waals surface area (Å²) < 4.78 is 0. The van der Waals surface area contributed by atoms with Crippen LogP contribution in [0.15, 0.2) is 0 Å². The lowest BCUT2D eigenvalue weighted by atomic mass is 9.81. The van der Waals surface area contributed by atoms with Crippen molar-refractivity contribution in [3.05, 3.63) is 6.92 Å². The molecule has 0 aromatic heterocycles. The molecule has 1 radical (unpaired) electrons. The summed E-state index contributed by atoms with van der Waals surface area (Å²) in [7, 11) is 0. The molecule has 0 rings (SSSR count). The highest BCUT2D eigenvalue weighted by Crippen LogP contribution is 2.24. The van der Waals surface area contributed by atoms with Crippen LogP contribution in [0.5, 0.6) is 0 Å². The van der Waals surface area contributed by atoms with E-state index in [2.05, 4.69) is 58.3 Å². The largest absolute Gasteiger partial charge is 0.103 e. The minimum atomic E-state index is -0.0378. The van der Waals surface area contributed by atoms with Gasteiger partial charge in [-0.1, -0.05) is 18.8 Å². The summed E-state index contributed by atoms with van der Waals surface area (Å²) >= 11 is 0. The zero-order chi connectivity index (χ0) is 9.61. The van der Waals surface area contributed by atoms with Gasteiger partial charge in [0.05, 0.1) is 0 Å². The topological polar surface area (TPSA) is 0 Å². The van der Waals surface area contributed by atoms with Crippen LogP contribution in [0.2, 0.25) is 0 Å². The SMILES string of the molecule is [CH2]C#CC(C)(C)C(C)C#CCC. The van der Waals surface area contributed by atoms with E-state index in [0.717, 1.165) is 6.42 Å². The van der Waals surface area contributed by atoms with Gasteiger partial charge < -0.3 is 0 Å². The van der Waals surface area contributed by atoms with Gasteiger partial charge in [-0.15, -0.1) is 11.8 Å². The van der Waals surface area contributed by atoms with E-state index in [0.29, 0.717) is 5.92 Å². The van der Waals surface area contributed by atoms with Gasteiger partial charge in [0.1, 0.15) is 0 Å². The molecule has 0 saturated heterocycles. The lowest BCUT2D eigenvalue weighted by Crippen LogP contribution is -2.17. The zero-order valence-electron chi connectivity index (χ0n) is 8.49. The van der Waals surface area contributed by atoms with Crippen molar-refractivity contribution in [1.29, 1.82) is 0 Å². The quantitative estimate of drug-likeness (QED) is 0.519. The van der Waals surface area contributed by atoms with Crippen molar-refractivity contribution in [1.82, 2.24) is 0 Å². The lowest BCUT2D eigenvalue weighted by Gasteiger charge is -2.21. The fourth-order valence-electron chi connectivity index (χ4n) is 0.772. The Hall–Kier alpha value is -0.880. The first-order valence-corrected chi connectivity index (χ1v) is 4.32. The third kappa shape index (κ3) is 3.49. The second kappa shape index (κ2) is 4.89. The summed E-state index contributed by atoms with van der Waals surface area (Å²) in [6, 6.07) is 0. The summed E-state index contributed by atoms with van der Waals surface area (Å²) in [5, 5.41) is 0. The van der Waals surface area contributed by atoms with Crippen LogP contribution in [-0.4, -0.2) is 0 Å². The minimum absolute atomic E-state index is 0.0378. The summed E-state index contributed by atoms with van der Waals surface area (Å²) in [5.74, 6) is 12.3. The van der Waals surface area contributed by atoms with E-state index >= 15 is 0 Å². The molecule has 0 heterocycles. The Labute approximate surface area is 76.8 Å². The van der Waals surface area contributed by atoms with Crippen molar-refractivity contribution in [3.8, 4) is 23.7 Å². The van der Waals surface area contributed by atoms with Crippen molar-refractivity contribution < 1.29 is 0 Å². The molecule has 0 spiro atoms. The Morgan fingerprint density at radius 2 is 2.00 bits per heavy atom. The van der Waals surface area contributed by atoms with Gasteiger partial charge in [0, 0.05) is 24.7 Å². The zero-order valence-corrected chi connectivity index (χ0v) is 8.49. The lowest BCUT2D eigenvalue weighted by molar-refractivity contribution is 0.398. The van der Waals surface area contributed by atoms with Crippen LogP contribution in [0.4, 0.5) is 0 Å². The molecular formula is C12H17. The molecule has 0 aromatic carbocycles. The molecule has 0 saturated carbocycles. The third-order valence-corrected chi connectivity index (χ3v) is 1.99. The van der Waals surface area contributed by atoms with Gasteiger partial charge >= 0.3 is 0 Å². The molecule has 1 unspecified atom stereocenters. The molecular weight excluding hydrogens is 144 g/mol. The maximum atomic E-state index is 3.52. The molecule has 1 atom stereocenters. The molecule has 0 fully saturated rings. The third-order valence-electron chi connectivity index (χ3n) is 1.99. The van der Waals surface area contributed by atoms with E-state index in [-0.39, 0.29) is 5.41 Å². The standard InChI is InChI=1S/C12H17/c1-6-8-9-11(3)12(4,5)10-7-2/h11H,2,6H2,1,3-5H3. The molecule has 0 aliphatic carbocycles. The van der Waals surface area contributed by atoms with Gasteiger partial charge in [-0.05, 0) is 20.8 Å². The van der Waals surface area contributed by atoms with E-state index in [4.69, 9.17) is 0 Å². The van der Waals surface area contributed by atoms with Crippen molar-refractivity contribution >= 4 is 0 Å². The van der Waals surface area contributed by atoms with E-state index in [9.17, 15) is 0 Å². The molecule has 0 bridgehead atoms. The first kappa shape index (κ1) is 11.1. The van der Waals surface area contributed by atoms with E-state index in [1.807, 2.05) is 0 Å². The van der Waals surface area contributed by atoms with E-state index in [1.54, 1.807) is 0 Å². The van der Waals surface area contributed by atoms with Crippen LogP contribution < -0.4 is 0 Å². The van der Waals surface area contributed by atoms with Crippen LogP contribution in [0.25, 0.3) is 0 Å². The molecule has 0 aromatic rings. The highest BCUT2D eigenvalue weighted by Gasteiger charge is 2.21. The Balaban J connectivity index is 4.41. The van der Waals surface area contributed by atoms with Crippen LogP contribution in [0, 0.1) is 41.9 Å². The number of hydrogen-bond donors (Lipinski definition) is 0. The smallest absolute Gasteiger partial charge is 0.0392 e. The highest BCUT2D eigenvalue weighted by atomic mass is 14.2. The van der Waals surface area contributed by atoms with Gasteiger partial charge in [-0.25, -0.2) is 0 Å². The van der Waals surface area contributed by atoms with Crippen LogP contribution in [0.3, 0.4) is 0 Å². The van der Waals surface area contributed by atoms with Gasteiger partial charge in [0.25, 0.3) is 0 Å². The van der Waals surface area contributed by atoms with Crippen molar-refractivity contribution in [2.45, 2.75) is 34.1 Å². The average molecular weight is 161 g/mol. The molecule has 65 valence electrons. The minimum Gasteiger partial charge on any atom is -0.103 e. The molecule has 0 heteroatoms. The summed E-state index contributed by atoms with van der Waals surface area (Å²) in [4.78, 5) is 0. The fourth-order valence-corrected chi connectivity index (χ4v) is 0.772. The number of rotatable bonds is 1. The molecule has 0 nitrogen and oxygen atoms in total. The van der Waals surface area contributed by atoms with Crippen molar-refractivity contribution in [2.24, 2.45) is 11.3 Å². The van der Waals surface area contributed by atoms with Gasteiger partial charge in [-0.3, -0.25) is 0 Å². The van der Waals surface area contributed by atoms with E-state index in [1.165, 1.54) is 0 Å². The molecule has 0 N–H and O–H groups in total. The van der Waals surface area contributed by atoms with Crippen LogP contribution in [0.1, 0.15) is 34.1 Å². The van der Waals surface area contributed by atoms with Gasteiger partial charge in [-0.2, -0.15) is 0 Å². The predicted molar refractivity (Wildman–Crippen MR) is 54.1 cm³/mol. The summed E-state index contributed by atoms with van der Waals surface area (Å²) in [5.41, 5.74) is -0.0378. The predicted octanol–water partition coefficient (Wildman–Crippen LogP) is 2.90. The molecule has 0 aliphatic rings. The van der Waals surface area contributed by atoms with Crippen LogP contribution >= 0.6 is 0 Å². The maximum absolute atomic E-state index is 3.52. The van der Waals surface area contributed by atoms with Crippen molar-refractivity contribution in [3.63, 3.8) is 0 Å². The normalized spacial score (nSPS) is 12.1. The van der Waals surface area contributed by atoms with Crippen LogP contribution in [-0.2, 0) is 0 Å². The van der Waals surface area contributed by atoms with Crippen molar-refractivity contribution in [2.75, 3.05) is 0 Å². The Morgan fingerprint density at radius 3 is 2.42 bits per heavy atom. The number of hydrogen-bond acceptors (Lipinski definition) is 0. The summed E-state index contributed by atoms with van der Waals surface area (Å²) in [6.07, 6.45) is 0.915. The second-order valence-corrected chi connectivity index (χ2v) is 3.42. The van der Waals surface area contributed by atoms with Gasteiger partial charge in [0.2, 0.25) is 0 Å². The molecule has 12 heavy (non-hydrogen) atoms. The first-order chi connectivity index (χ1) is 5.54. The summed E-state index contributed by atoms with van der Waals surface area (Å²) in [6.45, 7) is 11.9. The first-order valence-electron chi connectivity index (χ1n) is 4.32. The monoisotopic (exact) mass is 161 g/mol. The average Bonchev–Trinajstić information content (AvgIpc) is 2.00. The van der Waals surface area contributed by atoms with E-state index < -0.39 is 0 Å². The Bertz CT molecular complexity index is 237. The second-order valence-electron chi connectivity index (χ2n) is 3.42. The Kier molecular flexibility index (Phi) is 4.53. The fraction of sp³-hybridized carbons (Fsp3) is 0.583. The highest BCUT2D eigenvalue weighted by molar-refractivity contribution is 5.18. The molecule has 0 aliphatic heterocycles. The Morgan fingerprint density at radius 1 is 1.42 bits per heavy atom. The van der Waals surface area contributed by atoms with Gasteiger partial charge in [0.15, 0.2) is 0 Å².